The minimum Gasteiger partial charge on any atom is -0.339 e. The van der Waals surface area contributed by atoms with Gasteiger partial charge in [-0.3, -0.25) is 4.79 Å². The fourth-order valence-corrected chi connectivity index (χ4v) is 2.85. The monoisotopic (exact) mass is 270 g/mol. The molecule has 0 spiro atoms. The molecule has 0 radical (unpaired) electrons. The Morgan fingerprint density at radius 2 is 1.95 bits per heavy atom. The van der Waals surface area contributed by atoms with Crippen molar-refractivity contribution in [1.29, 1.82) is 5.26 Å². The van der Waals surface area contributed by atoms with E-state index in [1.165, 1.54) is 0 Å². The minimum absolute atomic E-state index is 0.0504. The highest BCUT2D eigenvalue weighted by Crippen LogP contribution is 2.34. The molecule has 3 heteroatoms. The van der Waals surface area contributed by atoms with E-state index in [4.69, 9.17) is 5.26 Å². The second-order valence-corrected chi connectivity index (χ2v) is 6.63. The van der Waals surface area contributed by atoms with Crippen LogP contribution in [0.4, 0.5) is 0 Å². The Balaban J connectivity index is 2.03. The van der Waals surface area contributed by atoms with E-state index in [2.05, 4.69) is 26.8 Å². The molecule has 106 valence electrons. The Hall–Kier alpha value is -1.82. The molecule has 2 rings (SSSR count). The first-order valence-corrected chi connectivity index (χ1v) is 7.21. The average molecular weight is 270 g/mol. The van der Waals surface area contributed by atoms with Crippen molar-refractivity contribution < 1.29 is 4.79 Å². The maximum Gasteiger partial charge on any atom is 0.253 e. The molecular formula is C17H22N2O. The summed E-state index contributed by atoms with van der Waals surface area (Å²) in [6.45, 7) is 8.44. The van der Waals surface area contributed by atoms with Crippen LogP contribution in [0.3, 0.4) is 0 Å². The zero-order valence-corrected chi connectivity index (χ0v) is 12.5. The molecular weight excluding hydrogens is 248 g/mol. The van der Waals surface area contributed by atoms with Crippen molar-refractivity contribution in [3.8, 4) is 6.07 Å². The van der Waals surface area contributed by atoms with Gasteiger partial charge in [-0.2, -0.15) is 5.26 Å². The number of rotatable bonds is 1. The average Bonchev–Trinajstić information content (AvgIpc) is 2.46. The molecule has 1 aromatic carbocycles. The highest BCUT2D eigenvalue weighted by atomic mass is 16.2. The van der Waals surface area contributed by atoms with Gasteiger partial charge in [0.15, 0.2) is 0 Å². The summed E-state index contributed by atoms with van der Waals surface area (Å²) < 4.78 is 0. The zero-order chi connectivity index (χ0) is 14.8. The van der Waals surface area contributed by atoms with E-state index in [9.17, 15) is 4.79 Å². The van der Waals surface area contributed by atoms with Crippen molar-refractivity contribution in [1.82, 2.24) is 4.90 Å². The van der Waals surface area contributed by atoms with Gasteiger partial charge < -0.3 is 4.90 Å². The van der Waals surface area contributed by atoms with Gasteiger partial charge in [0.1, 0.15) is 0 Å². The first-order chi connectivity index (χ1) is 9.41. The second-order valence-electron chi connectivity index (χ2n) is 6.63. The van der Waals surface area contributed by atoms with E-state index in [0.29, 0.717) is 22.5 Å². The van der Waals surface area contributed by atoms with E-state index in [1.807, 2.05) is 4.90 Å². The molecule has 1 aliphatic rings. The molecule has 1 amide bonds. The maximum absolute atomic E-state index is 12.4. The number of likely N-dealkylation sites (tertiary alicyclic amines) is 1. The number of hydrogen-bond acceptors (Lipinski definition) is 2. The molecule has 1 aliphatic heterocycles. The van der Waals surface area contributed by atoms with Gasteiger partial charge in [0.25, 0.3) is 5.91 Å². The number of carbonyl (C=O) groups is 1. The third-order valence-electron chi connectivity index (χ3n) is 4.25. The van der Waals surface area contributed by atoms with Crippen LogP contribution in [0.25, 0.3) is 0 Å². The van der Waals surface area contributed by atoms with Gasteiger partial charge >= 0.3 is 0 Å². The standard InChI is InChI=1S/C17H22N2O/c1-17(2,3)15-7-9-19(10-8-15)16(20)14-6-4-5-13(11-14)12-18/h4-6,11,15H,7-10H2,1-3H3. The molecule has 1 heterocycles. The topological polar surface area (TPSA) is 44.1 Å². The summed E-state index contributed by atoms with van der Waals surface area (Å²) in [6, 6.07) is 9.05. The Kier molecular flexibility index (Phi) is 4.13. The third kappa shape index (κ3) is 3.19. The van der Waals surface area contributed by atoms with E-state index >= 15 is 0 Å². The lowest BCUT2D eigenvalue weighted by molar-refractivity contribution is 0.0608. The maximum atomic E-state index is 12.4. The first kappa shape index (κ1) is 14.6. The normalized spacial score (nSPS) is 16.8. The van der Waals surface area contributed by atoms with Crippen molar-refractivity contribution in [3.05, 3.63) is 35.4 Å². The van der Waals surface area contributed by atoms with Gasteiger partial charge in [-0.25, -0.2) is 0 Å². The predicted octanol–water partition coefficient (Wildman–Crippen LogP) is 3.46. The van der Waals surface area contributed by atoms with Gasteiger partial charge in [0.05, 0.1) is 11.6 Å². The summed E-state index contributed by atoms with van der Waals surface area (Å²) in [7, 11) is 0. The van der Waals surface area contributed by atoms with Gasteiger partial charge in [0.2, 0.25) is 0 Å². The number of hydrogen-bond donors (Lipinski definition) is 0. The van der Waals surface area contributed by atoms with Crippen LogP contribution < -0.4 is 0 Å². The number of carbonyl (C=O) groups excluding carboxylic acids is 1. The number of nitriles is 1. The molecule has 0 saturated carbocycles. The zero-order valence-electron chi connectivity index (χ0n) is 12.5. The van der Waals surface area contributed by atoms with Crippen LogP contribution in [0.5, 0.6) is 0 Å². The molecule has 20 heavy (non-hydrogen) atoms. The molecule has 3 nitrogen and oxygen atoms in total. The third-order valence-corrected chi connectivity index (χ3v) is 4.25. The smallest absolute Gasteiger partial charge is 0.253 e. The van der Waals surface area contributed by atoms with Gasteiger partial charge in [-0.1, -0.05) is 26.8 Å². The minimum atomic E-state index is 0.0504. The Bertz CT molecular complexity index is 529. The first-order valence-electron chi connectivity index (χ1n) is 7.21. The van der Waals surface area contributed by atoms with Crippen molar-refractivity contribution in [2.45, 2.75) is 33.6 Å². The molecule has 0 aliphatic carbocycles. The molecule has 0 unspecified atom stereocenters. The number of benzene rings is 1. The Labute approximate surface area is 121 Å². The number of nitrogens with zero attached hydrogens (tertiary/aromatic N) is 2. The van der Waals surface area contributed by atoms with Crippen LogP contribution in [0.2, 0.25) is 0 Å². The van der Waals surface area contributed by atoms with Crippen molar-refractivity contribution in [3.63, 3.8) is 0 Å². The summed E-state index contributed by atoms with van der Waals surface area (Å²) >= 11 is 0. The molecule has 0 atom stereocenters. The van der Waals surface area contributed by atoms with E-state index < -0.39 is 0 Å². The second kappa shape index (κ2) is 5.66. The molecule has 0 N–H and O–H groups in total. The van der Waals surface area contributed by atoms with Gasteiger partial charge in [-0.05, 0) is 42.4 Å². The summed E-state index contributed by atoms with van der Waals surface area (Å²) in [5.41, 5.74) is 1.48. The Morgan fingerprint density at radius 3 is 2.50 bits per heavy atom. The lowest BCUT2D eigenvalue weighted by Gasteiger charge is -2.38. The highest BCUT2D eigenvalue weighted by molar-refractivity contribution is 5.94. The van der Waals surface area contributed by atoms with Crippen LogP contribution in [-0.2, 0) is 0 Å². The summed E-state index contributed by atoms with van der Waals surface area (Å²) in [4.78, 5) is 14.4. The van der Waals surface area contributed by atoms with Crippen molar-refractivity contribution in [2.75, 3.05) is 13.1 Å². The molecule has 1 saturated heterocycles. The molecule has 0 bridgehead atoms. The lowest BCUT2D eigenvalue weighted by atomic mass is 9.75. The van der Waals surface area contributed by atoms with Crippen LogP contribution >= 0.6 is 0 Å². The fourth-order valence-electron chi connectivity index (χ4n) is 2.85. The van der Waals surface area contributed by atoms with Crippen molar-refractivity contribution >= 4 is 5.91 Å². The van der Waals surface area contributed by atoms with Crippen LogP contribution in [0.1, 0.15) is 49.5 Å². The summed E-state index contributed by atoms with van der Waals surface area (Å²) in [6.07, 6.45) is 2.13. The van der Waals surface area contributed by atoms with Gasteiger partial charge in [-0.15, -0.1) is 0 Å². The lowest BCUT2D eigenvalue weighted by Crippen LogP contribution is -2.41. The summed E-state index contributed by atoms with van der Waals surface area (Å²) in [5.74, 6) is 0.728. The quantitative estimate of drug-likeness (QED) is 0.784. The molecule has 0 aromatic heterocycles. The van der Waals surface area contributed by atoms with Crippen LogP contribution in [0.15, 0.2) is 24.3 Å². The van der Waals surface area contributed by atoms with E-state index in [0.717, 1.165) is 25.9 Å². The Morgan fingerprint density at radius 1 is 1.30 bits per heavy atom. The number of amides is 1. The molecule has 1 fully saturated rings. The van der Waals surface area contributed by atoms with Crippen molar-refractivity contribution in [2.24, 2.45) is 11.3 Å². The van der Waals surface area contributed by atoms with E-state index in [-0.39, 0.29) is 5.91 Å². The highest BCUT2D eigenvalue weighted by Gasteiger charge is 2.30. The van der Waals surface area contributed by atoms with Crippen LogP contribution in [0, 0.1) is 22.7 Å². The number of piperidine rings is 1. The van der Waals surface area contributed by atoms with Crippen LogP contribution in [-0.4, -0.2) is 23.9 Å². The molecule has 1 aromatic rings. The largest absolute Gasteiger partial charge is 0.339 e. The predicted molar refractivity (Wildman–Crippen MR) is 79.2 cm³/mol. The summed E-state index contributed by atoms with van der Waals surface area (Å²) in [5, 5.41) is 8.90. The SMILES string of the molecule is CC(C)(C)C1CCN(C(=O)c2cccc(C#N)c2)CC1. The fraction of sp³-hybridized carbons (Fsp3) is 0.529. The van der Waals surface area contributed by atoms with E-state index in [1.54, 1.807) is 24.3 Å². The van der Waals surface area contributed by atoms with Gasteiger partial charge in [0, 0.05) is 18.7 Å².